The second kappa shape index (κ2) is 9.11. The topological polar surface area (TPSA) is 12.0 Å². The minimum absolute atomic E-state index is 0.673. The third-order valence-corrected chi connectivity index (χ3v) is 6.40. The maximum absolute atomic E-state index is 3.79. The first kappa shape index (κ1) is 16.4. The molecule has 0 spiro atoms. The fourth-order valence-corrected chi connectivity index (χ4v) is 4.77. The van der Waals surface area contributed by atoms with Crippen molar-refractivity contribution in [3.63, 3.8) is 0 Å². The van der Waals surface area contributed by atoms with E-state index < -0.39 is 0 Å². The summed E-state index contributed by atoms with van der Waals surface area (Å²) in [5.74, 6) is 0. The molecule has 2 unspecified atom stereocenters. The number of hydrogen-bond donors (Lipinski definition) is 1. The molecule has 2 rings (SSSR count). The first-order chi connectivity index (χ1) is 9.81. The van der Waals surface area contributed by atoms with E-state index in [1.54, 1.807) is 0 Å². The van der Waals surface area contributed by atoms with Crippen molar-refractivity contribution < 1.29 is 0 Å². The molecule has 2 atom stereocenters. The summed E-state index contributed by atoms with van der Waals surface area (Å²) in [7, 11) is 0. The van der Waals surface area contributed by atoms with Gasteiger partial charge >= 0.3 is 0 Å². The highest BCUT2D eigenvalue weighted by molar-refractivity contribution is 9.10. The molecule has 1 aliphatic rings. The van der Waals surface area contributed by atoms with Crippen LogP contribution in [0.2, 0.25) is 0 Å². The molecule has 0 amide bonds. The molecule has 112 valence electrons. The highest BCUT2D eigenvalue weighted by atomic mass is 79.9. The second-order valence-corrected chi connectivity index (χ2v) is 7.77. The lowest BCUT2D eigenvalue weighted by Crippen LogP contribution is -2.39. The molecule has 1 aromatic carbocycles. The maximum atomic E-state index is 3.79. The predicted octanol–water partition coefficient (Wildman–Crippen LogP) is 5.63. The third-order valence-electron chi connectivity index (χ3n) is 3.97. The van der Waals surface area contributed by atoms with E-state index in [-0.39, 0.29) is 0 Å². The standard InChI is InChI=1S/C17H26BrNS/c1-2-13-19-15-10-5-3-4-6-12-17(15)20-16-11-8-7-9-14(16)18/h7-9,11,15,17,19H,2-6,10,12-13H2,1H3. The average Bonchev–Trinajstić information content (AvgIpc) is 2.43. The lowest BCUT2D eigenvalue weighted by Gasteiger charge is -2.30. The summed E-state index contributed by atoms with van der Waals surface area (Å²) < 4.78 is 1.24. The monoisotopic (exact) mass is 355 g/mol. The third kappa shape index (κ3) is 5.09. The Morgan fingerprint density at radius 1 is 1.15 bits per heavy atom. The van der Waals surface area contributed by atoms with Crippen molar-refractivity contribution >= 4 is 27.7 Å². The Morgan fingerprint density at radius 3 is 2.65 bits per heavy atom. The Morgan fingerprint density at radius 2 is 1.90 bits per heavy atom. The Labute approximate surface area is 136 Å². The van der Waals surface area contributed by atoms with E-state index in [9.17, 15) is 0 Å². The fraction of sp³-hybridized carbons (Fsp3) is 0.647. The van der Waals surface area contributed by atoms with Crippen molar-refractivity contribution in [1.29, 1.82) is 0 Å². The number of benzene rings is 1. The highest BCUT2D eigenvalue weighted by Gasteiger charge is 2.23. The van der Waals surface area contributed by atoms with Gasteiger partial charge in [0.1, 0.15) is 0 Å². The SMILES string of the molecule is CCCNC1CCCCCCC1Sc1ccccc1Br. The van der Waals surface area contributed by atoms with Crippen LogP contribution in [0.4, 0.5) is 0 Å². The molecule has 0 radical (unpaired) electrons. The Hall–Kier alpha value is 0.01000. The molecule has 3 heteroatoms. The smallest absolute Gasteiger partial charge is 0.0311 e. The van der Waals surface area contributed by atoms with Crippen LogP contribution in [0.5, 0.6) is 0 Å². The Kier molecular flexibility index (Phi) is 7.47. The summed E-state index contributed by atoms with van der Waals surface area (Å²) in [5, 5.41) is 4.50. The molecule has 1 saturated carbocycles. The second-order valence-electron chi connectivity index (χ2n) is 5.64. The lowest BCUT2D eigenvalue weighted by atomic mass is 9.96. The van der Waals surface area contributed by atoms with Gasteiger partial charge in [-0.15, -0.1) is 11.8 Å². The number of rotatable bonds is 5. The summed E-state index contributed by atoms with van der Waals surface area (Å²) in [4.78, 5) is 1.39. The van der Waals surface area contributed by atoms with Gasteiger partial charge in [-0.1, -0.05) is 44.7 Å². The van der Waals surface area contributed by atoms with Crippen LogP contribution < -0.4 is 5.32 Å². The zero-order valence-electron chi connectivity index (χ0n) is 12.4. The van der Waals surface area contributed by atoms with Gasteiger partial charge in [0.2, 0.25) is 0 Å². The lowest BCUT2D eigenvalue weighted by molar-refractivity contribution is 0.400. The van der Waals surface area contributed by atoms with Crippen molar-refractivity contribution in [2.75, 3.05) is 6.54 Å². The van der Waals surface area contributed by atoms with Gasteiger partial charge in [-0.2, -0.15) is 0 Å². The number of thioether (sulfide) groups is 1. The normalized spacial score (nSPS) is 24.1. The maximum Gasteiger partial charge on any atom is 0.0311 e. The van der Waals surface area contributed by atoms with Crippen LogP contribution in [0.25, 0.3) is 0 Å². The van der Waals surface area contributed by atoms with Crippen LogP contribution in [-0.2, 0) is 0 Å². The average molecular weight is 356 g/mol. The zero-order chi connectivity index (χ0) is 14.2. The van der Waals surface area contributed by atoms with Crippen molar-refractivity contribution in [3.8, 4) is 0 Å². The molecule has 0 aliphatic heterocycles. The zero-order valence-corrected chi connectivity index (χ0v) is 14.8. The van der Waals surface area contributed by atoms with Crippen LogP contribution >= 0.6 is 27.7 Å². The van der Waals surface area contributed by atoms with E-state index in [0.29, 0.717) is 11.3 Å². The van der Waals surface area contributed by atoms with E-state index in [1.807, 2.05) is 0 Å². The van der Waals surface area contributed by atoms with Crippen molar-refractivity contribution in [1.82, 2.24) is 5.32 Å². The highest BCUT2D eigenvalue weighted by Crippen LogP contribution is 2.36. The molecule has 1 aromatic rings. The minimum atomic E-state index is 0.673. The fourth-order valence-electron chi connectivity index (χ4n) is 2.86. The van der Waals surface area contributed by atoms with Crippen molar-refractivity contribution in [3.05, 3.63) is 28.7 Å². The van der Waals surface area contributed by atoms with Crippen LogP contribution in [0.3, 0.4) is 0 Å². The van der Waals surface area contributed by atoms with Crippen molar-refractivity contribution in [2.45, 2.75) is 68.1 Å². The molecule has 0 bridgehead atoms. The summed E-state index contributed by atoms with van der Waals surface area (Å²) in [6.45, 7) is 3.41. The van der Waals surface area contributed by atoms with E-state index in [0.717, 1.165) is 6.54 Å². The first-order valence-electron chi connectivity index (χ1n) is 7.96. The van der Waals surface area contributed by atoms with Crippen molar-refractivity contribution in [2.24, 2.45) is 0 Å². The number of hydrogen-bond acceptors (Lipinski definition) is 2. The van der Waals surface area contributed by atoms with Crippen LogP contribution in [0.1, 0.15) is 51.9 Å². The molecular weight excluding hydrogens is 330 g/mol. The van der Waals surface area contributed by atoms with Crippen LogP contribution in [0.15, 0.2) is 33.6 Å². The van der Waals surface area contributed by atoms with Crippen LogP contribution in [0, 0.1) is 0 Å². The van der Waals surface area contributed by atoms with E-state index in [1.165, 1.54) is 54.3 Å². The van der Waals surface area contributed by atoms with Gasteiger partial charge < -0.3 is 5.32 Å². The summed E-state index contributed by atoms with van der Waals surface area (Å²) in [6.07, 6.45) is 9.49. The van der Waals surface area contributed by atoms with Gasteiger partial charge in [0, 0.05) is 20.7 Å². The van der Waals surface area contributed by atoms with Crippen LogP contribution in [-0.4, -0.2) is 17.8 Å². The van der Waals surface area contributed by atoms with E-state index >= 15 is 0 Å². The Balaban J connectivity index is 2.04. The van der Waals surface area contributed by atoms with E-state index in [2.05, 4.69) is 64.2 Å². The summed E-state index contributed by atoms with van der Waals surface area (Å²) >= 11 is 5.75. The number of halogens is 1. The molecule has 0 heterocycles. The number of nitrogens with one attached hydrogen (secondary N) is 1. The molecular formula is C17H26BrNS. The molecule has 20 heavy (non-hydrogen) atoms. The van der Waals surface area contributed by atoms with Gasteiger partial charge in [0.25, 0.3) is 0 Å². The summed E-state index contributed by atoms with van der Waals surface area (Å²) in [5.41, 5.74) is 0. The van der Waals surface area contributed by atoms with Gasteiger partial charge in [0.05, 0.1) is 0 Å². The molecule has 1 aliphatic carbocycles. The predicted molar refractivity (Wildman–Crippen MR) is 93.6 cm³/mol. The van der Waals surface area contributed by atoms with Gasteiger partial charge in [0.15, 0.2) is 0 Å². The van der Waals surface area contributed by atoms with Gasteiger partial charge in [-0.05, 0) is 53.9 Å². The summed E-state index contributed by atoms with van der Waals surface area (Å²) in [6, 6.07) is 9.31. The largest absolute Gasteiger partial charge is 0.313 e. The Bertz CT molecular complexity index is 394. The minimum Gasteiger partial charge on any atom is -0.313 e. The molecule has 0 aromatic heterocycles. The molecule has 0 saturated heterocycles. The molecule has 1 N–H and O–H groups in total. The quantitative estimate of drug-likeness (QED) is 0.734. The first-order valence-corrected chi connectivity index (χ1v) is 9.63. The molecule has 1 fully saturated rings. The molecule has 1 nitrogen and oxygen atoms in total. The van der Waals surface area contributed by atoms with Gasteiger partial charge in [-0.3, -0.25) is 0 Å². The van der Waals surface area contributed by atoms with Gasteiger partial charge in [-0.25, -0.2) is 0 Å². The van der Waals surface area contributed by atoms with E-state index in [4.69, 9.17) is 0 Å².